The second-order valence-electron chi connectivity index (χ2n) is 6.76. The van der Waals surface area contributed by atoms with Gasteiger partial charge in [0.1, 0.15) is 5.76 Å². The molecule has 7 heteroatoms. The van der Waals surface area contributed by atoms with E-state index in [1.54, 1.807) is 0 Å². The number of aliphatic hydroxyl groups is 1. The number of allylic oxidation sites excluding steroid dienone is 2. The van der Waals surface area contributed by atoms with E-state index in [0.717, 1.165) is 17.1 Å². The van der Waals surface area contributed by atoms with Crippen LogP contribution in [0.2, 0.25) is 4.34 Å². The summed E-state index contributed by atoms with van der Waals surface area (Å²) in [7, 11) is 0. The van der Waals surface area contributed by atoms with Crippen LogP contribution < -0.4 is 0 Å². The molecule has 142 valence electrons. The van der Waals surface area contributed by atoms with E-state index in [1.807, 2.05) is 30.8 Å². The number of ketones is 1. The maximum absolute atomic E-state index is 12.7. The van der Waals surface area contributed by atoms with Crippen LogP contribution in [0.15, 0.2) is 28.6 Å². The minimum absolute atomic E-state index is 0.00214. The van der Waals surface area contributed by atoms with Gasteiger partial charge in [0.15, 0.2) is 12.4 Å². The second kappa shape index (κ2) is 9.29. The van der Waals surface area contributed by atoms with Crippen LogP contribution in [0, 0.1) is 11.8 Å². The summed E-state index contributed by atoms with van der Waals surface area (Å²) in [6.07, 6.45) is 3.99. The van der Waals surface area contributed by atoms with Crippen LogP contribution in [0.3, 0.4) is 0 Å². The van der Waals surface area contributed by atoms with Crippen molar-refractivity contribution >= 4 is 46.2 Å². The molecule has 2 atom stereocenters. The van der Waals surface area contributed by atoms with Gasteiger partial charge < -0.3 is 9.94 Å². The zero-order chi connectivity index (χ0) is 18.5. The first-order valence-corrected chi connectivity index (χ1v) is 11.4. The number of oxime groups is 1. The number of halogens is 1. The molecule has 1 aliphatic heterocycles. The number of carbonyl (C=O) groups excluding carboxylic acids is 1. The third-order valence-electron chi connectivity index (χ3n) is 4.97. The molecule has 1 aromatic heterocycles. The van der Waals surface area contributed by atoms with Crippen molar-refractivity contribution in [3.05, 3.63) is 32.7 Å². The fourth-order valence-corrected chi connectivity index (χ4v) is 5.89. The van der Waals surface area contributed by atoms with Crippen LogP contribution >= 0.6 is 34.7 Å². The summed E-state index contributed by atoms with van der Waals surface area (Å²) in [6, 6.07) is 3.71. The molecule has 1 aromatic rings. The number of Topliss-reactive ketones (excluding diaryl/α,β-unsaturated/α-hetero) is 1. The highest BCUT2D eigenvalue weighted by molar-refractivity contribution is 7.99. The molecule has 1 saturated heterocycles. The Morgan fingerprint density at radius 3 is 2.85 bits per heavy atom. The van der Waals surface area contributed by atoms with Crippen LogP contribution in [-0.4, -0.2) is 28.1 Å². The molecule has 2 heterocycles. The van der Waals surface area contributed by atoms with Crippen molar-refractivity contribution in [1.29, 1.82) is 0 Å². The lowest BCUT2D eigenvalue weighted by molar-refractivity contribution is -0.117. The van der Waals surface area contributed by atoms with Crippen LogP contribution in [0.4, 0.5) is 0 Å². The number of nitrogens with zero attached hydrogens (tertiary/aromatic N) is 1. The smallest absolute Gasteiger partial charge is 0.168 e. The van der Waals surface area contributed by atoms with Gasteiger partial charge in [0, 0.05) is 17.7 Å². The average molecular weight is 414 g/mol. The molecule has 1 fully saturated rings. The number of thioether (sulfide) groups is 1. The highest BCUT2D eigenvalue weighted by atomic mass is 35.5. The van der Waals surface area contributed by atoms with E-state index < -0.39 is 0 Å². The molecule has 0 saturated carbocycles. The largest absolute Gasteiger partial charge is 0.511 e. The van der Waals surface area contributed by atoms with Gasteiger partial charge in [0.25, 0.3) is 0 Å². The lowest BCUT2D eigenvalue weighted by Gasteiger charge is -2.32. The minimum Gasteiger partial charge on any atom is -0.511 e. The van der Waals surface area contributed by atoms with Crippen molar-refractivity contribution in [2.24, 2.45) is 17.0 Å². The van der Waals surface area contributed by atoms with Gasteiger partial charge in [-0.3, -0.25) is 4.79 Å². The molecule has 0 bridgehead atoms. The molecule has 1 N–H and O–H groups in total. The van der Waals surface area contributed by atoms with Crippen LogP contribution in [0.25, 0.3) is 0 Å². The van der Waals surface area contributed by atoms with E-state index in [4.69, 9.17) is 16.4 Å². The van der Waals surface area contributed by atoms with Gasteiger partial charge in [-0.05, 0) is 54.7 Å². The fourth-order valence-electron chi connectivity index (χ4n) is 3.61. The number of aliphatic hydroxyl groups excluding tert-OH is 1. The van der Waals surface area contributed by atoms with Crippen molar-refractivity contribution in [1.82, 2.24) is 0 Å². The Labute approximate surface area is 167 Å². The molecule has 1 aliphatic carbocycles. The zero-order valence-electron chi connectivity index (χ0n) is 14.9. The molecule has 0 aromatic carbocycles. The van der Waals surface area contributed by atoms with Gasteiger partial charge in [0.05, 0.1) is 15.6 Å². The molecular weight excluding hydrogens is 390 g/mol. The van der Waals surface area contributed by atoms with E-state index in [9.17, 15) is 9.90 Å². The SMILES string of the molecule is CCC(=NOCc1ccc(Cl)s1)C1=C(O)CC(C2CCCSC2)CC1=O. The quantitative estimate of drug-likeness (QED) is 0.485. The number of carbonyl (C=O) groups is 1. The minimum atomic E-state index is -0.00214. The molecule has 26 heavy (non-hydrogen) atoms. The zero-order valence-corrected chi connectivity index (χ0v) is 17.3. The van der Waals surface area contributed by atoms with E-state index in [2.05, 4.69) is 5.16 Å². The molecule has 2 unspecified atom stereocenters. The van der Waals surface area contributed by atoms with Crippen molar-refractivity contribution in [3.8, 4) is 0 Å². The Bertz CT molecular complexity index is 707. The van der Waals surface area contributed by atoms with Crippen molar-refractivity contribution < 1.29 is 14.7 Å². The Balaban J connectivity index is 1.68. The third-order valence-corrected chi connectivity index (χ3v) is 7.41. The van der Waals surface area contributed by atoms with Gasteiger partial charge in [-0.15, -0.1) is 11.3 Å². The highest BCUT2D eigenvalue weighted by Crippen LogP contribution is 2.38. The summed E-state index contributed by atoms with van der Waals surface area (Å²) in [5, 5.41) is 14.7. The average Bonchev–Trinajstić information content (AvgIpc) is 3.05. The fraction of sp³-hybridized carbons (Fsp3) is 0.579. The first kappa shape index (κ1) is 19.8. The standard InChI is InChI=1S/C19H24ClNO3S2/c1-2-15(21-24-10-14-5-6-18(20)26-14)19-16(22)8-13(9-17(19)23)12-4-3-7-25-11-12/h5-6,12-13,22H,2-4,7-11H2,1H3. The number of rotatable bonds is 6. The Morgan fingerprint density at radius 1 is 1.38 bits per heavy atom. The summed E-state index contributed by atoms with van der Waals surface area (Å²) in [4.78, 5) is 19.1. The predicted molar refractivity (Wildman–Crippen MR) is 109 cm³/mol. The van der Waals surface area contributed by atoms with Gasteiger partial charge in [-0.1, -0.05) is 23.7 Å². The molecule has 4 nitrogen and oxygen atoms in total. The summed E-state index contributed by atoms with van der Waals surface area (Å²) in [6.45, 7) is 2.23. The molecule has 0 amide bonds. The first-order valence-electron chi connectivity index (χ1n) is 9.05. The lowest BCUT2D eigenvalue weighted by atomic mass is 9.77. The molecular formula is C19H24ClNO3S2. The Hall–Kier alpha value is -0.980. The Kier molecular flexibility index (Phi) is 7.06. The predicted octanol–water partition coefficient (Wildman–Crippen LogP) is 5.62. The van der Waals surface area contributed by atoms with Gasteiger partial charge in [-0.25, -0.2) is 0 Å². The van der Waals surface area contributed by atoms with E-state index in [1.165, 1.54) is 23.5 Å². The highest BCUT2D eigenvalue weighted by Gasteiger charge is 2.35. The summed E-state index contributed by atoms with van der Waals surface area (Å²) < 4.78 is 0.707. The van der Waals surface area contributed by atoms with Gasteiger partial charge >= 0.3 is 0 Å². The van der Waals surface area contributed by atoms with E-state index >= 15 is 0 Å². The lowest BCUT2D eigenvalue weighted by Crippen LogP contribution is -2.30. The summed E-state index contributed by atoms with van der Waals surface area (Å²) >= 11 is 9.31. The number of hydrogen-bond donors (Lipinski definition) is 1. The van der Waals surface area contributed by atoms with Crippen LogP contribution in [0.5, 0.6) is 0 Å². The van der Waals surface area contributed by atoms with E-state index in [-0.39, 0.29) is 17.5 Å². The van der Waals surface area contributed by atoms with Crippen LogP contribution in [0.1, 0.15) is 43.9 Å². The second-order valence-corrected chi connectivity index (χ2v) is 9.71. The van der Waals surface area contributed by atoms with Crippen molar-refractivity contribution in [3.63, 3.8) is 0 Å². The maximum Gasteiger partial charge on any atom is 0.168 e. The molecule has 0 radical (unpaired) electrons. The topological polar surface area (TPSA) is 58.9 Å². The first-order chi connectivity index (χ1) is 12.6. The summed E-state index contributed by atoms with van der Waals surface area (Å²) in [5.41, 5.74) is 0.906. The Morgan fingerprint density at radius 2 is 2.23 bits per heavy atom. The molecule has 2 aliphatic rings. The van der Waals surface area contributed by atoms with Crippen LogP contribution in [-0.2, 0) is 16.2 Å². The normalized spacial score (nSPS) is 24.8. The van der Waals surface area contributed by atoms with Gasteiger partial charge in [0.2, 0.25) is 0 Å². The van der Waals surface area contributed by atoms with E-state index in [0.29, 0.717) is 47.4 Å². The monoisotopic (exact) mass is 413 g/mol. The van der Waals surface area contributed by atoms with Crippen molar-refractivity contribution in [2.45, 2.75) is 45.6 Å². The maximum atomic E-state index is 12.7. The molecule has 0 spiro atoms. The molecule has 3 rings (SSSR count). The number of hydrogen-bond acceptors (Lipinski definition) is 6. The third kappa shape index (κ3) is 4.84. The van der Waals surface area contributed by atoms with Crippen molar-refractivity contribution in [2.75, 3.05) is 11.5 Å². The number of thiophene rings is 1. The summed E-state index contributed by atoms with van der Waals surface area (Å²) in [5.74, 6) is 3.28. The van der Waals surface area contributed by atoms with Gasteiger partial charge in [-0.2, -0.15) is 11.8 Å².